The molecule has 2 amide bonds. The SMILES string of the molecule is N=NN(CCN1CCNC1=O)S(=O)[O-]. The smallest absolute Gasteiger partial charge is 0.317 e. The molecular formula is C5H10N5O3S-. The Morgan fingerprint density at radius 2 is 2.50 bits per heavy atom. The van der Waals surface area contributed by atoms with E-state index < -0.39 is 11.3 Å². The van der Waals surface area contributed by atoms with E-state index in [9.17, 15) is 13.6 Å². The third-order valence-corrected chi connectivity index (χ3v) is 2.40. The van der Waals surface area contributed by atoms with Crippen molar-refractivity contribution in [3.05, 3.63) is 0 Å². The van der Waals surface area contributed by atoms with Gasteiger partial charge in [0.1, 0.15) is 0 Å². The van der Waals surface area contributed by atoms with Crippen LogP contribution in [0.2, 0.25) is 0 Å². The molecule has 0 spiro atoms. The lowest BCUT2D eigenvalue weighted by molar-refractivity contribution is 0.212. The molecule has 0 aromatic heterocycles. The van der Waals surface area contributed by atoms with Gasteiger partial charge in [-0.3, -0.25) is 4.21 Å². The molecule has 1 aliphatic rings. The van der Waals surface area contributed by atoms with E-state index in [1.807, 2.05) is 0 Å². The lowest BCUT2D eigenvalue weighted by Crippen LogP contribution is -2.35. The predicted octanol–water partition coefficient (Wildman–Crippen LogP) is -0.946. The molecular weight excluding hydrogens is 210 g/mol. The van der Waals surface area contributed by atoms with Crippen molar-refractivity contribution in [3.63, 3.8) is 0 Å². The standard InChI is InChI=1S/C5H11N5O3S/c6-8-10(14(12)13)4-3-9-2-1-7-5(9)11/h6H,1-4H2,(H,7,11)(H,12,13)/p-1. The molecule has 9 heteroatoms. The minimum Gasteiger partial charge on any atom is -0.754 e. The van der Waals surface area contributed by atoms with E-state index in [-0.39, 0.29) is 19.1 Å². The van der Waals surface area contributed by atoms with Crippen molar-refractivity contribution in [1.29, 1.82) is 5.53 Å². The predicted molar refractivity (Wildman–Crippen MR) is 45.7 cm³/mol. The number of urea groups is 1. The molecule has 1 rings (SSSR count). The Morgan fingerprint density at radius 3 is 2.93 bits per heavy atom. The van der Waals surface area contributed by atoms with Gasteiger partial charge >= 0.3 is 6.03 Å². The highest BCUT2D eigenvalue weighted by Gasteiger charge is 2.19. The molecule has 2 N–H and O–H groups in total. The van der Waals surface area contributed by atoms with Gasteiger partial charge in [-0.15, -0.1) is 0 Å². The monoisotopic (exact) mass is 220 g/mol. The highest BCUT2D eigenvalue weighted by Crippen LogP contribution is 1.99. The molecule has 0 bridgehead atoms. The van der Waals surface area contributed by atoms with Crippen LogP contribution in [0.5, 0.6) is 0 Å². The molecule has 1 fully saturated rings. The molecule has 1 saturated heterocycles. The summed E-state index contributed by atoms with van der Waals surface area (Å²) in [7, 11) is 0. The van der Waals surface area contributed by atoms with E-state index in [1.54, 1.807) is 0 Å². The Labute approximate surface area is 83.1 Å². The van der Waals surface area contributed by atoms with Crippen LogP contribution in [-0.2, 0) is 11.3 Å². The molecule has 0 radical (unpaired) electrons. The lowest BCUT2D eigenvalue weighted by atomic mass is 10.5. The van der Waals surface area contributed by atoms with Crippen molar-refractivity contribution in [3.8, 4) is 0 Å². The van der Waals surface area contributed by atoms with E-state index in [1.165, 1.54) is 4.90 Å². The van der Waals surface area contributed by atoms with Crippen LogP contribution in [-0.4, -0.2) is 50.3 Å². The van der Waals surface area contributed by atoms with Crippen LogP contribution in [0.4, 0.5) is 4.79 Å². The average molecular weight is 220 g/mol. The Kier molecular flexibility index (Phi) is 3.77. The molecule has 80 valence electrons. The first-order valence-electron chi connectivity index (χ1n) is 3.92. The summed E-state index contributed by atoms with van der Waals surface area (Å²) in [6.07, 6.45) is 0. The first-order valence-corrected chi connectivity index (χ1v) is 4.95. The summed E-state index contributed by atoms with van der Waals surface area (Å²) < 4.78 is 21.4. The third kappa shape index (κ3) is 2.64. The summed E-state index contributed by atoms with van der Waals surface area (Å²) >= 11 is -2.54. The van der Waals surface area contributed by atoms with Crippen molar-refractivity contribution in [2.24, 2.45) is 5.22 Å². The van der Waals surface area contributed by atoms with E-state index in [2.05, 4.69) is 10.5 Å². The van der Waals surface area contributed by atoms with E-state index in [0.29, 0.717) is 17.5 Å². The number of nitrogens with zero attached hydrogens (tertiary/aromatic N) is 3. The molecule has 14 heavy (non-hydrogen) atoms. The number of amides is 2. The van der Waals surface area contributed by atoms with Crippen LogP contribution in [0.25, 0.3) is 0 Å². The quantitative estimate of drug-likeness (QED) is 0.354. The van der Waals surface area contributed by atoms with Gasteiger partial charge in [0.15, 0.2) is 0 Å². The second-order valence-electron chi connectivity index (χ2n) is 2.61. The van der Waals surface area contributed by atoms with Crippen molar-refractivity contribution in [2.45, 2.75) is 0 Å². The fourth-order valence-electron chi connectivity index (χ4n) is 1.09. The molecule has 0 aromatic carbocycles. The number of hydrogen-bond donors (Lipinski definition) is 2. The van der Waals surface area contributed by atoms with Crippen molar-refractivity contribution in [1.82, 2.24) is 14.6 Å². The van der Waals surface area contributed by atoms with Gasteiger partial charge in [-0.1, -0.05) is 5.22 Å². The molecule has 1 atom stereocenters. The third-order valence-electron chi connectivity index (χ3n) is 1.79. The largest absolute Gasteiger partial charge is 0.754 e. The van der Waals surface area contributed by atoms with Crippen molar-refractivity contribution in [2.75, 3.05) is 26.2 Å². The van der Waals surface area contributed by atoms with E-state index in [0.717, 1.165) is 0 Å². The first-order chi connectivity index (χ1) is 6.65. The number of hydrogen-bond acceptors (Lipinski definition) is 5. The summed E-state index contributed by atoms with van der Waals surface area (Å²) in [6, 6.07) is -0.216. The Balaban J connectivity index is 2.34. The summed E-state index contributed by atoms with van der Waals surface area (Å²) in [5.74, 6) is 0. The van der Waals surface area contributed by atoms with Gasteiger partial charge in [0.2, 0.25) is 0 Å². The van der Waals surface area contributed by atoms with Crippen LogP contribution in [0, 0.1) is 5.53 Å². The van der Waals surface area contributed by atoms with E-state index >= 15 is 0 Å². The zero-order chi connectivity index (χ0) is 10.6. The number of nitrogens with one attached hydrogen (secondary N) is 2. The molecule has 8 nitrogen and oxygen atoms in total. The fourth-order valence-corrected chi connectivity index (χ4v) is 1.39. The van der Waals surface area contributed by atoms with Gasteiger partial charge in [0.05, 0.1) is 17.8 Å². The normalized spacial score (nSPS) is 17.8. The van der Waals surface area contributed by atoms with Gasteiger partial charge in [-0.05, 0) is 0 Å². The van der Waals surface area contributed by atoms with Crippen LogP contribution >= 0.6 is 0 Å². The number of carbonyl (C=O) groups excluding carboxylic acids is 1. The van der Waals surface area contributed by atoms with Crippen LogP contribution in [0.3, 0.4) is 0 Å². The highest BCUT2D eigenvalue weighted by atomic mass is 32.2. The summed E-state index contributed by atoms with van der Waals surface area (Å²) in [6.45, 7) is 1.36. The first kappa shape index (κ1) is 10.9. The maximum atomic E-state index is 11.0. The number of rotatable bonds is 5. The minimum absolute atomic E-state index is 0.00698. The second-order valence-corrected chi connectivity index (χ2v) is 3.47. The molecule has 0 aromatic rings. The zero-order valence-corrected chi connectivity index (χ0v) is 8.12. The highest BCUT2D eigenvalue weighted by molar-refractivity contribution is 7.76. The molecule has 1 heterocycles. The molecule has 0 aliphatic carbocycles. The van der Waals surface area contributed by atoms with Gasteiger partial charge in [-0.25, -0.2) is 9.21 Å². The lowest BCUT2D eigenvalue weighted by Gasteiger charge is -2.21. The Bertz CT molecular complexity index is 260. The van der Waals surface area contributed by atoms with E-state index in [4.69, 9.17) is 5.53 Å². The zero-order valence-electron chi connectivity index (χ0n) is 7.30. The topological polar surface area (TPSA) is 112 Å². The summed E-state index contributed by atoms with van der Waals surface area (Å²) in [5.41, 5.74) is 6.55. The van der Waals surface area contributed by atoms with Gasteiger partial charge in [-0.2, -0.15) is 5.53 Å². The maximum absolute atomic E-state index is 11.0. The van der Waals surface area contributed by atoms with Crippen LogP contribution in [0.1, 0.15) is 0 Å². The number of carbonyl (C=O) groups is 1. The van der Waals surface area contributed by atoms with Crippen LogP contribution < -0.4 is 5.32 Å². The summed E-state index contributed by atoms with van der Waals surface area (Å²) in [4.78, 5) is 12.5. The average Bonchev–Trinajstić information content (AvgIpc) is 2.52. The van der Waals surface area contributed by atoms with Gasteiger partial charge in [0, 0.05) is 19.6 Å². The minimum atomic E-state index is -2.54. The fraction of sp³-hybridized carbons (Fsp3) is 0.800. The summed E-state index contributed by atoms with van der Waals surface area (Å²) in [5, 5.41) is 5.36. The second kappa shape index (κ2) is 4.86. The van der Waals surface area contributed by atoms with Crippen molar-refractivity contribution < 1.29 is 13.6 Å². The Hall–Kier alpha value is -1.22. The Morgan fingerprint density at radius 1 is 1.79 bits per heavy atom. The maximum Gasteiger partial charge on any atom is 0.317 e. The molecule has 1 unspecified atom stereocenters. The molecule has 0 saturated carbocycles. The van der Waals surface area contributed by atoms with Gasteiger partial charge < -0.3 is 14.8 Å². The van der Waals surface area contributed by atoms with Crippen molar-refractivity contribution >= 4 is 17.3 Å². The van der Waals surface area contributed by atoms with Crippen LogP contribution in [0.15, 0.2) is 5.22 Å². The molecule has 1 aliphatic heterocycles. The van der Waals surface area contributed by atoms with Gasteiger partial charge in [0.25, 0.3) is 0 Å².